The van der Waals surface area contributed by atoms with Crippen LogP contribution in [0.1, 0.15) is 126 Å². The molecule has 5 aromatic heterocycles. The monoisotopic (exact) mass is 1220 g/mol. The molecular formula is C65H63F2N13O10. The molecule has 0 atom stereocenters. The molecule has 9 aromatic rings. The average molecular weight is 1220 g/mol. The second-order valence-electron chi connectivity index (χ2n) is 21.6. The number of anilines is 2. The standard InChI is InChI=1S/C29H28FN5O4.C21H20FN5O3.C15H15N3O3/c1-17(2)26-27(36)34-29(37)35(28(26)39-23-10-18(3)9-20(11-23)14-31)16-21-12-24(30)33-25(13-21)32-15-19-5-7-22(38-4)8-6-19;1-11(2)18-19(28)26-21(29)27(10-14-7-16(22)25-17(24)8-14)20(18)30-15-5-12(3)4-13(6-15)9-23;1-8(2)12-13(19)17-15(20)18-14(12)21-11-5-9(3)4-10(6-11)7-16/h5-13,17H,15-16H2,1-4H3,(H,32,33)(H,34,36,37);4-8,11H,10H2,1-3H3,(H2,24,25)(H,26,28,29);4-6,8H,1-3H3,(H2,17,18,19,20). The zero-order valence-corrected chi connectivity index (χ0v) is 50.7. The Morgan fingerprint density at radius 2 is 0.944 bits per heavy atom. The minimum atomic E-state index is -0.786. The second kappa shape index (κ2) is 29.2. The van der Waals surface area contributed by atoms with E-state index in [9.17, 15) is 48.1 Å². The number of nitrogens with one attached hydrogen (secondary N) is 5. The molecule has 0 bridgehead atoms. The van der Waals surface area contributed by atoms with Gasteiger partial charge < -0.3 is 30.0 Å². The van der Waals surface area contributed by atoms with E-state index >= 15 is 0 Å². The Labute approximate surface area is 513 Å². The second-order valence-corrected chi connectivity index (χ2v) is 21.6. The van der Waals surface area contributed by atoms with Crippen LogP contribution in [0.5, 0.6) is 40.6 Å². The van der Waals surface area contributed by atoms with Crippen molar-refractivity contribution in [2.75, 3.05) is 18.2 Å². The van der Waals surface area contributed by atoms with E-state index in [0.29, 0.717) is 57.2 Å². The number of rotatable bonds is 17. The van der Waals surface area contributed by atoms with Crippen molar-refractivity contribution < 1.29 is 27.7 Å². The molecule has 25 heteroatoms. The summed E-state index contributed by atoms with van der Waals surface area (Å²) in [7, 11) is 1.59. The minimum absolute atomic E-state index is 0.0176. The molecule has 0 saturated carbocycles. The normalized spacial score (nSPS) is 10.7. The van der Waals surface area contributed by atoms with Crippen LogP contribution in [0.15, 0.2) is 132 Å². The van der Waals surface area contributed by atoms with Gasteiger partial charge in [-0.2, -0.15) is 24.6 Å². The minimum Gasteiger partial charge on any atom is -0.497 e. The molecule has 5 heterocycles. The van der Waals surface area contributed by atoms with Crippen LogP contribution in [-0.4, -0.2) is 46.1 Å². The van der Waals surface area contributed by atoms with Gasteiger partial charge in [0.1, 0.15) is 34.6 Å². The zero-order valence-electron chi connectivity index (χ0n) is 50.7. The number of methoxy groups -OCH3 is 1. The Bertz CT molecular complexity index is 4640. The third-order valence-electron chi connectivity index (χ3n) is 13.3. The van der Waals surface area contributed by atoms with Crippen LogP contribution in [0.25, 0.3) is 0 Å². The van der Waals surface area contributed by atoms with Crippen molar-refractivity contribution in [1.82, 2.24) is 39.0 Å². The van der Waals surface area contributed by atoms with Crippen molar-refractivity contribution in [3.63, 3.8) is 0 Å². The fourth-order valence-electron chi connectivity index (χ4n) is 9.39. The van der Waals surface area contributed by atoms with Crippen molar-refractivity contribution >= 4 is 11.6 Å². The van der Waals surface area contributed by atoms with Crippen LogP contribution in [0, 0.1) is 66.7 Å². The molecule has 4 aromatic carbocycles. The van der Waals surface area contributed by atoms with Gasteiger partial charge in [-0.3, -0.25) is 43.5 Å². The van der Waals surface area contributed by atoms with E-state index in [1.165, 1.54) is 33.4 Å². The molecule has 90 heavy (non-hydrogen) atoms. The number of nitrogen functional groups attached to an aromatic ring is 1. The summed E-state index contributed by atoms with van der Waals surface area (Å²) in [5, 5.41) is 30.6. The zero-order chi connectivity index (χ0) is 65.7. The van der Waals surface area contributed by atoms with Crippen LogP contribution in [0.4, 0.5) is 20.4 Å². The number of H-pyrrole nitrogens is 4. The molecule has 0 unspecified atom stereocenters. The number of aryl methyl sites for hydroxylation is 3. The summed E-state index contributed by atoms with van der Waals surface area (Å²) >= 11 is 0. The van der Waals surface area contributed by atoms with Crippen molar-refractivity contribution in [2.24, 2.45) is 0 Å². The van der Waals surface area contributed by atoms with E-state index in [1.807, 2.05) is 64.1 Å². The first-order chi connectivity index (χ1) is 42.7. The van der Waals surface area contributed by atoms with Gasteiger partial charge in [0.25, 0.3) is 16.7 Å². The first-order valence-electron chi connectivity index (χ1n) is 27.9. The number of pyridine rings is 2. The molecule has 0 aliphatic rings. The van der Waals surface area contributed by atoms with Crippen LogP contribution in [-0.2, 0) is 19.6 Å². The van der Waals surface area contributed by atoms with Crippen LogP contribution in [0.3, 0.4) is 0 Å². The van der Waals surface area contributed by atoms with Gasteiger partial charge in [0, 0.05) is 6.54 Å². The summed E-state index contributed by atoms with van der Waals surface area (Å²) in [5.74, 6) is -0.106. The number of halogens is 2. The van der Waals surface area contributed by atoms with Gasteiger partial charge in [-0.15, -0.1) is 0 Å². The highest BCUT2D eigenvalue weighted by molar-refractivity contribution is 5.47. The highest BCUT2D eigenvalue weighted by Gasteiger charge is 2.24. The quantitative estimate of drug-likeness (QED) is 0.0462. The van der Waals surface area contributed by atoms with E-state index in [0.717, 1.165) is 34.1 Å². The van der Waals surface area contributed by atoms with Crippen molar-refractivity contribution in [1.29, 1.82) is 15.8 Å². The third kappa shape index (κ3) is 17.1. The Hall–Kier alpha value is -11.7. The number of nitrogens with zero attached hydrogens (tertiary/aromatic N) is 7. The van der Waals surface area contributed by atoms with Gasteiger partial charge >= 0.3 is 17.1 Å². The van der Waals surface area contributed by atoms with E-state index in [-0.39, 0.29) is 71.2 Å². The number of nitriles is 3. The molecule has 0 saturated heterocycles. The fraction of sp³-hybridized carbons (Fsp3) is 0.246. The topological polar surface area (TPSA) is 348 Å². The van der Waals surface area contributed by atoms with Crippen molar-refractivity contribution in [2.45, 2.75) is 99.7 Å². The summed E-state index contributed by atoms with van der Waals surface area (Å²) in [6.45, 7) is 16.4. The molecule has 0 fully saturated rings. The van der Waals surface area contributed by atoms with E-state index < -0.39 is 45.6 Å². The molecular weight excluding hydrogens is 1160 g/mol. The molecule has 0 amide bonds. The number of benzene rings is 4. The molecule has 0 spiro atoms. The van der Waals surface area contributed by atoms with Crippen LogP contribution < -0.4 is 63.7 Å². The van der Waals surface area contributed by atoms with Crippen LogP contribution >= 0.6 is 0 Å². The lowest BCUT2D eigenvalue weighted by Crippen LogP contribution is -2.34. The Balaban J connectivity index is 0.000000201. The fourth-order valence-corrected chi connectivity index (χ4v) is 9.39. The number of aromatic nitrogens is 8. The summed E-state index contributed by atoms with van der Waals surface area (Å²) in [6.07, 6.45) is 0. The smallest absolute Gasteiger partial charge is 0.331 e. The molecule has 0 radical (unpaired) electrons. The van der Waals surface area contributed by atoms with Crippen LogP contribution in [0.2, 0.25) is 0 Å². The van der Waals surface area contributed by atoms with E-state index in [2.05, 4.69) is 41.3 Å². The highest BCUT2D eigenvalue weighted by Crippen LogP contribution is 2.32. The van der Waals surface area contributed by atoms with Gasteiger partial charge in [-0.1, -0.05) is 53.7 Å². The number of nitrogens with two attached hydrogens (primary N) is 1. The Morgan fingerprint density at radius 1 is 0.522 bits per heavy atom. The lowest BCUT2D eigenvalue weighted by molar-refractivity contribution is 0.409. The lowest BCUT2D eigenvalue weighted by atomic mass is 10.1. The molecule has 23 nitrogen and oxygen atoms in total. The first kappa shape index (κ1) is 65.9. The van der Waals surface area contributed by atoms with Crippen molar-refractivity contribution in [3.05, 3.63) is 244 Å². The molecule has 7 N–H and O–H groups in total. The first-order valence-corrected chi connectivity index (χ1v) is 27.9. The number of aromatic amines is 4. The Kier molecular flexibility index (Phi) is 21.3. The Morgan fingerprint density at radius 3 is 1.37 bits per heavy atom. The van der Waals surface area contributed by atoms with Crippen molar-refractivity contribution in [3.8, 4) is 58.8 Å². The summed E-state index contributed by atoms with van der Waals surface area (Å²) in [4.78, 5) is 90.9. The maximum Gasteiger partial charge on any atom is 0.331 e. The lowest BCUT2D eigenvalue weighted by Gasteiger charge is -2.19. The predicted octanol–water partition coefficient (Wildman–Crippen LogP) is 9.79. The van der Waals surface area contributed by atoms with Gasteiger partial charge in [-0.05, 0) is 163 Å². The maximum absolute atomic E-state index is 14.5. The van der Waals surface area contributed by atoms with Gasteiger partial charge in [0.05, 0.1) is 71.8 Å². The van der Waals surface area contributed by atoms with E-state index in [4.69, 9.17) is 29.9 Å². The average Bonchev–Trinajstić information content (AvgIpc) is 0.868. The summed E-state index contributed by atoms with van der Waals surface area (Å²) in [6, 6.07) is 33.8. The summed E-state index contributed by atoms with van der Waals surface area (Å²) in [5.41, 5.74) is 8.11. The predicted molar refractivity (Wildman–Crippen MR) is 332 cm³/mol. The maximum atomic E-state index is 14.5. The van der Waals surface area contributed by atoms with Gasteiger partial charge in [0.15, 0.2) is 0 Å². The number of ether oxygens (including phenoxy) is 4. The molecule has 0 aliphatic carbocycles. The highest BCUT2D eigenvalue weighted by atomic mass is 19.1. The SMILES string of the molecule is COc1ccc(CNc2cc(Cn3c(Oc4cc(C)cc(C#N)c4)c(C(C)C)c(=O)[nH]c3=O)cc(F)n2)cc1.Cc1cc(C#N)cc(Oc2[nH]c(=O)[nH]c(=O)c2C(C)C)c1.Cc1cc(C#N)cc(Oc2c(C(C)C)c(=O)[nH]c(=O)n2Cc2cc(N)nc(F)c2)c1. The largest absolute Gasteiger partial charge is 0.497 e. The third-order valence-corrected chi connectivity index (χ3v) is 13.3. The molecule has 9 rings (SSSR count). The number of hydrogen-bond donors (Lipinski definition) is 6. The van der Waals surface area contributed by atoms with Gasteiger partial charge in [-0.25, -0.2) is 24.4 Å². The molecule has 0 aliphatic heterocycles. The number of hydrogen-bond acceptors (Lipinski definition) is 17. The van der Waals surface area contributed by atoms with E-state index in [1.54, 1.807) is 90.3 Å². The van der Waals surface area contributed by atoms with Gasteiger partial charge in [0.2, 0.25) is 29.5 Å². The summed E-state index contributed by atoms with van der Waals surface area (Å²) < 4.78 is 53.5. The molecule has 462 valence electrons.